The highest BCUT2D eigenvalue weighted by Gasteiger charge is 2.40. The summed E-state index contributed by atoms with van der Waals surface area (Å²) in [4.78, 5) is 17.5. The van der Waals surface area contributed by atoms with Crippen molar-refractivity contribution in [3.05, 3.63) is 82.3 Å². The van der Waals surface area contributed by atoms with Gasteiger partial charge in [-0.25, -0.2) is 4.98 Å². The van der Waals surface area contributed by atoms with Gasteiger partial charge in [0.15, 0.2) is 0 Å². The van der Waals surface area contributed by atoms with Crippen molar-refractivity contribution in [3.8, 4) is 0 Å². The Hall–Kier alpha value is -2.32. The highest BCUT2D eigenvalue weighted by Crippen LogP contribution is 2.34. The molecule has 146 valence electrons. The third-order valence-corrected chi connectivity index (χ3v) is 5.80. The number of nitrogens with zero attached hydrogens (tertiary/aromatic N) is 1. The van der Waals surface area contributed by atoms with Crippen molar-refractivity contribution in [1.29, 1.82) is 0 Å². The van der Waals surface area contributed by atoms with Crippen LogP contribution in [-0.2, 0) is 5.75 Å². The molecule has 8 heteroatoms. The summed E-state index contributed by atoms with van der Waals surface area (Å²) >= 11 is 2.92. The second-order valence-corrected chi connectivity index (χ2v) is 7.72. The maximum atomic E-state index is 13.5. The van der Waals surface area contributed by atoms with E-state index in [2.05, 4.69) is 10.3 Å². The molecule has 1 aromatic heterocycles. The number of benzene rings is 2. The summed E-state index contributed by atoms with van der Waals surface area (Å²) in [5, 5.41) is 4.37. The van der Waals surface area contributed by atoms with Gasteiger partial charge < -0.3 is 5.32 Å². The molecule has 0 aliphatic rings. The van der Waals surface area contributed by atoms with Crippen molar-refractivity contribution in [2.45, 2.75) is 22.7 Å². The van der Waals surface area contributed by atoms with Crippen LogP contribution in [0, 0.1) is 0 Å². The van der Waals surface area contributed by atoms with Crippen LogP contribution in [-0.4, -0.2) is 23.6 Å². The van der Waals surface area contributed by atoms with E-state index < -0.39 is 24.5 Å². The van der Waals surface area contributed by atoms with Crippen LogP contribution in [0.3, 0.4) is 0 Å². The molecule has 0 saturated heterocycles. The summed E-state index contributed by atoms with van der Waals surface area (Å²) in [5.74, 6) is -1.69. The number of nitrogens with one attached hydrogen (secondary N) is 1. The molecule has 1 atom stereocenters. The van der Waals surface area contributed by atoms with E-state index in [9.17, 15) is 18.0 Å². The number of thiazole rings is 1. The van der Waals surface area contributed by atoms with E-state index in [-0.39, 0.29) is 5.56 Å². The van der Waals surface area contributed by atoms with E-state index in [1.807, 2.05) is 5.38 Å². The van der Waals surface area contributed by atoms with Gasteiger partial charge in [-0.1, -0.05) is 42.5 Å². The molecule has 0 aliphatic heterocycles. The molecule has 1 heterocycles. The number of hydrogen-bond acceptors (Lipinski definition) is 4. The summed E-state index contributed by atoms with van der Waals surface area (Å²) in [6.07, 6.45) is -4.45. The molecule has 3 nitrogen and oxygen atoms in total. The molecule has 0 spiro atoms. The zero-order chi connectivity index (χ0) is 20.0. The zero-order valence-corrected chi connectivity index (χ0v) is 16.3. The second-order valence-electron chi connectivity index (χ2n) is 5.98. The Balaban J connectivity index is 1.70. The lowest BCUT2D eigenvalue weighted by Gasteiger charge is -2.21. The van der Waals surface area contributed by atoms with E-state index in [0.717, 1.165) is 5.69 Å². The monoisotopic (exact) mass is 422 g/mol. The minimum atomic E-state index is -4.45. The smallest absolute Gasteiger partial charge is 0.351 e. The number of carbonyl (C=O) groups excluding carboxylic acids is 1. The van der Waals surface area contributed by atoms with Gasteiger partial charge in [0, 0.05) is 22.6 Å². The predicted molar refractivity (Wildman–Crippen MR) is 106 cm³/mol. The third kappa shape index (κ3) is 5.36. The van der Waals surface area contributed by atoms with Crippen molar-refractivity contribution >= 4 is 29.0 Å². The molecular weight excluding hydrogens is 405 g/mol. The van der Waals surface area contributed by atoms with E-state index in [4.69, 9.17) is 0 Å². The van der Waals surface area contributed by atoms with Crippen molar-refractivity contribution in [3.63, 3.8) is 0 Å². The van der Waals surface area contributed by atoms with Crippen molar-refractivity contribution in [2.75, 3.05) is 6.54 Å². The van der Waals surface area contributed by atoms with Crippen molar-refractivity contribution in [2.24, 2.45) is 0 Å². The molecule has 0 radical (unpaired) electrons. The van der Waals surface area contributed by atoms with Gasteiger partial charge in [0.2, 0.25) is 0 Å². The van der Waals surface area contributed by atoms with Gasteiger partial charge in [-0.3, -0.25) is 4.79 Å². The van der Waals surface area contributed by atoms with Gasteiger partial charge in [-0.15, -0.1) is 23.1 Å². The third-order valence-electron chi connectivity index (χ3n) is 4.05. The van der Waals surface area contributed by atoms with Gasteiger partial charge in [-0.05, 0) is 17.7 Å². The molecule has 3 rings (SSSR count). The minimum Gasteiger partial charge on any atom is -0.351 e. The number of rotatable bonds is 7. The average molecular weight is 422 g/mol. The summed E-state index contributed by atoms with van der Waals surface area (Å²) in [6.45, 7) is -0.516. The van der Waals surface area contributed by atoms with Crippen LogP contribution in [0.2, 0.25) is 0 Å². The number of alkyl halides is 3. The molecule has 28 heavy (non-hydrogen) atoms. The highest BCUT2D eigenvalue weighted by molar-refractivity contribution is 7.98. The number of carbonyl (C=O) groups is 1. The zero-order valence-electron chi connectivity index (χ0n) is 14.6. The van der Waals surface area contributed by atoms with Gasteiger partial charge in [0.05, 0.1) is 22.7 Å². The molecule has 0 bridgehead atoms. The van der Waals surface area contributed by atoms with Gasteiger partial charge in [0.25, 0.3) is 5.91 Å². The topological polar surface area (TPSA) is 42.0 Å². The van der Waals surface area contributed by atoms with E-state index in [1.54, 1.807) is 48.0 Å². The number of amides is 1. The summed E-state index contributed by atoms with van der Waals surface area (Å²) in [5.41, 5.74) is 3.11. The SMILES string of the molecule is O=C(NCC(c1ccccc1)C(F)(F)F)c1ccccc1SCc1cscn1. The van der Waals surface area contributed by atoms with Gasteiger partial charge >= 0.3 is 6.18 Å². The Morgan fingerprint density at radius 2 is 1.82 bits per heavy atom. The Kier molecular flexibility index (Phi) is 6.74. The fourth-order valence-electron chi connectivity index (χ4n) is 2.64. The van der Waals surface area contributed by atoms with Crippen LogP contribution in [0.5, 0.6) is 0 Å². The predicted octanol–water partition coefficient (Wildman–Crippen LogP) is 5.51. The molecule has 0 fully saturated rings. The minimum absolute atomic E-state index is 0.126. The van der Waals surface area contributed by atoms with Crippen molar-refractivity contribution < 1.29 is 18.0 Å². The maximum Gasteiger partial charge on any atom is 0.397 e. The quantitative estimate of drug-likeness (QED) is 0.511. The molecule has 1 N–H and O–H groups in total. The molecule has 3 aromatic rings. The lowest BCUT2D eigenvalue weighted by Crippen LogP contribution is -2.35. The van der Waals surface area contributed by atoms with Gasteiger partial charge in [-0.2, -0.15) is 13.2 Å². The summed E-state index contributed by atoms with van der Waals surface area (Å²) in [7, 11) is 0. The van der Waals surface area contributed by atoms with Crippen LogP contribution >= 0.6 is 23.1 Å². The summed E-state index contributed by atoms with van der Waals surface area (Å²) in [6, 6.07) is 14.5. The number of aromatic nitrogens is 1. The maximum absolute atomic E-state index is 13.5. The molecule has 1 unspecified atom stereocenters. The first-order valence-corrected chi connectivity index (χ1v) is 10.4. The lowest BCUT2D eigenvalue weighted by atomic mass is 9.98. The largest absolute Gasteiger partial charge is 0.397 e. The lowest BCUT2D eigenvalue weighted by molar-refractivity contribution is -0.149. The van der Waals surface area contributed by atoms with E-state index >= 15 is 0 Å². The van der Waals surface area contributed by atoms with E-state index in [1.165, 1.54) is 35.2 Å². The Labute approximate surface area is 169 Å². The molecule has 0 aliphatic carbocycles. The number of hydrogen-bond donors (Lipinski definition) is 1. The first-order valence-electron chi connectivity index (χ1n) is 8.44. The van der Waals surface area contributed by atoms with Gasteiger partial charge in [0.1, 0.15) is 0 Å². The molecule has 1 amide bonds. The molecule has 0 saturated carbocycles. The van der Waals surface area contributed by atoms with Crippen LogP contribution in [0.25, 0.3) is 0 Å². The van der Waals surface area contributed by atoms with E-state index in [0.29, 0.717) is 16.2 Å². The van der Waals surface area contributed by atoms with Crippen LogP contribution in [0.1, 0.15) is 27.5 Å². The Morgan fingerprint density at radius 1 is 1.11 bits per heavy atom. The molecule has 2 aromatic carbocycles. The standard InChI is InChI=1S/C20H17F3N2OS2/c21-20(22,23)17(14-6-2-1-3-7-14)10-24-19(26)16-8-4-5-9-18(16)28-12-15-11-27-13-25-15/h1-9,11,13,17H,10,12H2,(H,24,26). The summed E-state index contributed by atoms with van der Waals surface area (Å²) < 4.78 is 40.4. The molecular formula is C20H17F3N2OS2. The first kappa shape index (κ1) is 20.4. The fraction of sp³-hybridized carbons (Fsp3) is 0.200. The van der Waals surface area contributed by atoms with Crippen LogP contribution in [0.15, 0.2) is 70.4 Å². The number of thioether (sulfide) groups is 1. The first-order chi connectivity index (χ1) is 13.4. The van der Waals surface area contributed by atoms with Crippen molar-refractivity contribution in [1.82, 2.24) is 10.3 Å². The highest BCUT2D eigenvalue weighted by atomic mass is 32.2. The second kappa shape index (κ2) is 9.25. The number of halogens is 3. The average Bonchev–Trinajstić information content (AvgIpc) is 3.20. The van der Waals surface area contributed by atoms with Crippen LogP contribution < -0.4 is 5.32 Å². The normalized spacial score (nSPS) is 12.5. The van der Waals surface area contributed by atoms with Crippen LogP contribution in [0.4, 0.5) is 13.2 Å². The Morgan fingerprint density at radius 3 is 2.50 bits per heavy atom. The Bertz CT molecular complexity index is 899. The fourth-order valence-corrected chi connectivity index (χ4v) is 4.25.